The van der Waals surface area contributed by atoms with Crippen LogP contribution < -0.4 is 16.0 Å². The average molecular weight is 1550 g/mol. The number of piperidine rings is 1. The zero-order chi connectivity index (χ0) is 79.8. The summed E-state index contributed by atoms with van der Waals surface area (Å²) in [6, 6.07) is -2.50. The summed E-state index contributed by atoms with van der Waals surface area (Å²) in [5.41, 5.74) is -1.81. The number of amides is 12. The summed E-state index contributed by atoms with van der Waals surface area (Å²) < 4.78 is 48.6. The van der Waals surface area contributed by atoms with E-state index in [1.54, 1.807) is 36.4 Å². The zero-order valence-corrected chi connectivity index (χ0v) is 66.4. The van der Waals surface area contributed by atoms with E-state index in [9.17, 15) is 37.1 Å². The van der Waals surface area contributed by atoms with E-state index in [2.05, 4.69) is 20.9 Å². The fraction of sp³-hybridized carbons (Fsp3) is 0.709. The van der Waals surface area contributed by atoms with E-state index >= 15 is 33.6 Å². The first-order chi connectivity index (χ1) is 51.6. The minimum absolute atomic E-state index is 0.00347. The second kappa shape index (κ2) is 39.3. The minimum atomic E-state index is -4.79. The Bertz CT molecular complexity index is 3530. The SMILES string of the molecule is CC[C@H](C)[C@@H]1NC(=O)[C@H](CC(C)C)N(C)C(=O)C[C@@H](C(=O)N2CCCCC2)N(C)C(=O)[C@H](C2CCCCC2)N(C)C(=O)C2(CCCC2)NC(=O)[C@@H]2C[C@H](OCc3cccnc3)CN2C(=O)[C@H](CCc2ccc(C(F)(F)F)c(Cl)c2)NC(=O)CN(C)C(=O)[C@H](CC2CCCCC2)N(C)C(=O)CN(C)C(=O)CN(C)C1=O. The number of halogens is 4. The molecule has 3 saturated carbocycles. The Balaban J connectivity index is 1.21. The van der Waals surface area contributed by atoms with Gasteiger partial charge in [-0.3, -0.25) is 62.5 Å². The number of alkyl halides is 3. The lowest BCUT2D eigenvalue weighted by molar-refractivity contribution is -0.157. The Morgan fingerprint density at radius 3 is 1.91 bits per heavy atom. The molecule has 3 aliphatic carbocycles. The number of hydrogen-bond acceptors (Lipinski definition) is 14. The summed E-state index contributed by atoms with van der Waals surface area (Å²) in [4.78, 5) is 198. The van der Waals surface area contributed by atoms with Crippen molar-refractivity contribution in [2.24, 2.45) is 23.7 Å². The summed E-state index contributed by atoms with van der Waals surface area (Å²) in [7, 11) is 9.99. The normalized spacial score (nSPS) is 26.3. The van der Waals surface area contributed by atoms with E-state index in [4.69, 9.17) is 16.3 Å². The van der Waals surface area contributed by atoms with Crippen LogP contribution in [0.4, 0.5) is 13.2 Å². The van der Waals surface area contributed by atoms with Gasteiger partial charge in [-0.05, 0) is 124 Å². The van der Waals surface area contributed by atoms with Crippen molar-refractivity contribution < 1.29 is 75.4 Å². The maximum atomic E-state index is 16.0. The smallest absolute Gasteiger partial charge is 0.372 e. The molecule has 30 heteroatoms. The van der Waals surface area contributed by atoms with Crippen LogP contribution in [0.1, 0.15) is 192 Å². The molecule has 1 aromatic heterocycles. The molecule has 6 aliphatic rings. The molecule has 3 N–H and O–H groups in total. The van der Waals surface area contributed by atoms with Gasteiger partial charge in [0.25, 0.3) is 0 Å². The van der Waals surface area contributed by atoms with Crippen LogP contribution in [0.15, 0.2) is 42.7 Å². The number of fused-ring (bicyclic) bond motifs is 1. The van der Waals surface area contributed by atoms with Gasteiger partial charge in [0.15, 0.2) is 0 Å². The monoisotopic (exact) mass is 1550 g/mol. The first-order valence-corrected chi connectivity index (χ1v) is 39.7. The highest BCUT2D eigenvalue weighted by atomic mass is 35.5. The highest BCUT2D eigenvalue weighted by molar-refractivity contribution is 6.31. The molecule has 0 unspecified atom stereocenters. The number of ether oxygens (including phenoxy) is 1. The van der Waals surface area contributed by atoms with E-state index in [1.165, 1.54) is 79.9 Å². The first-order valence-electron chi connectivity index (χ1n) is 39.3. The van der Waals surface area contributed by atoms with Gasteiger partial charge < -0.3 is 64.8 Å². The topological polar surface area (TPSA) is 292 Å². The molecule has 4 heterocycles. The van der Waals surface area contributed by atoms with Crippen molar-refractivity contribution in [2.75, 3.05) is 88.6 Å². The van der Waals surface area contributed by atoms with Crippen molar-refractivity contribution in [3.8, 4) is 0 Å². The number of pyridine rings is 1. The molecule has 0 bridgehead atoms. The third-order valence-electron chi connectivity index (χ3n) is 23.6. The number of nitrogens with one attached hydrogen (secondary N) is 3. The number of likely N-dealkylation sites (N-methyl/N-ethyl adjacent to an activating group) is 7. The van der Waals surface area contributed by atoms with Crippen LogP contribution in [-0.4, -0.2) is 263 Å². The summed E-state index contributed by atoms with van der Waals surface area (Å²) in [6.07, 6.45) is 8.21. The van der Waals surface area contributed by atoms with Crippen molar-refractivity contribution in [3.05, 3.63) is 64.4 Å². The van der Waals surface area contributed by atoms with Gasteiger partial charge in [0.05, 0.1) is 49.4 Å². The van der Waals surface area contributed by atoms with Crippen LogP contribution in [0.25, 0.3) is 0 Å². The lowest BCUT2D eigenvalue weighted by atomic mass is 9.81. The van der Waals surface area contributed by atoms with Crippen molar-refractivity contribution >= 4 is 82.5 Å². The predicted molar refractivity (Wildman–Crippen MR) is 402 cm³/mol. The van der Waals surface area contributed by atoms with Crippen LogP contribution in [0.3, 0.4) is 0 Å². The fourth-order valence-corrected chi connectivity index (χ4v) is 17.0. The number of nitrogens with zero attached hydrogens (tertiary/aromatic N) is 10. The van der Waals surface area contributed by atoms with Crippen molar-refractivity contribution in [3.63, 3.8) is 0 Å². The van der Waals surface area contributed by atoms with Crippen LogP contribution in [0.2, 0.25) is 5.02 Å². The predicted octanol–water partition coefficient (Wildman–Crippen LogP) is 7.01. The second-order valence-electron chi connectivity index (χ2n) is 32.0. The molecule has 12 amide bonds. The molecule has 9 atom stereocenters. The fourth-order valence-electron chi connectivity index (χ4n) is 16.7. The van der Waals surface area contributed by atoms with Gasteiger partial charge in [-0.1, -0.05) is 122 Å². The average Bonchev–Trinajstić information content (AvgIpc) is 1.70. The highest BCUT2D eigenvalue weighted by Gasteiger charge is 2.52. The Kier molecular flexibility index (Phi) is 31.2. The maximum Gasteiger partial charge on any atom is 0.417 e. The lowest BCUT2D eigenvalue weighted by Crippen LogP contribution is -2.65. The summed E-state index contributed by atoms with van der Waals surface area (Å²) >= 11 is 6.24. The molecule has 3 aliphatic heterocycles. The third kappa shape index (κ3) is 22.4. The van der Waals surface area contributed by atoms with Crippen molar-refractivity contribution in [2.45, 2.75) is 249 Å². The molecule has 2 aromatic rings. The second-order valence-corrected chi connectivity index (χ2v) is 32.4. The molecule has 1 aromatic carbocycles. The number of hydrogen-bond donors (Lipinski definition) is 3. The standard InChI is InChI=1S/C79H117ClF3N13O13/c1-12-51(4)68-75(106)90(7)47-66(99)88(5)48-67(100)92(9)62(41-52-25-16-13-17-26-52)73(104)89(6)46-64(97)85-59(33-31-53-30-32-57(58(80)40-53)79(81,82)83)72(103)96-45-56(109-49-54-27-24-36-84-44-54)42-61(96)71(102)87-78(34-20-21-35-78)77(108)94(11)69(55-28-18-14-19-29-55)76(107)93(10)63(74(105)95-37-22-15-23-38-95)43-65(98)91(8)60(39-50(2)3)70(101)86-68/h24,27,30,32,36,40,44,50-52,55-56,59-63,68-69H,12-23,25-26,28-29,31,33-35,37-39,41-43,45-49H2,1-11H3,(H,85,97)(H,86,101)(H,87,102)/t51-,56-,59-,60-,61-,62-,63-,68-,69-/m0/s1. The van der Waals surface area contributed by atoms with E-state index in [0.29, 0.717) is 63.6 Å². The largest absolute Gasteiger partial charge is 0.417 e. The number of carbonyl (C=O) groups excluding carboxylic acids is 12. The zero-order valence-electron chi connectivity index (χ0n) is 65.7. The van der Waals surface area contributed by atoms with Gasteiger partial charge in [0.2, 0.25) is 70.9 Å². The van der Waals surface area contributed by atoms with E-state index in [-0.39, 0.29) is 75.5 Å². The van der Waals surface area contributed by atoms with E-state index in [1.807, 2.05) is 20.8 Å². The molecule has 8 rings (SSSR count). The van der Waals surface area contributed by atoms with Gasteiger partial charge in [0.1, 0.15) is 47.8 Å². The molecule has 3 saturated heterocycles. The molecule has 6 fully saturated rings. The Morgan fingerprint density at radius 1 is 0.670 bits per heavy atom. The number of carbonyl (C=O) groups is 12. The molecule has 109 heavy (non-hydrogen) atoms. The molecule has 0 radical (unpaired) electrons. The van der Waals surface area contributed by atoms with Crippen molar-refractivity contribution in [1.29, 1.82) is 0 Å². The van der Waals surface area contributed by atoms with E-state index in [0.717, 1.165) is 84.6 Å². The molecule has 26 nitrogen and oxygen atoms in total. The van der Waals surface area contributed by atoms with Crippen LogP contribution in [0, 0.1) is 23.7 Å². The van der Waals surface area contributed by atoms with Crippen LogP contribution >= 0.6 is 11.6 Å². The maximum absolute atomic E-state index is 16.0. The molecular formula is C79H117ClF3N13O13. The lowest BCUT2D eigenvalue weighted by Gasteiger charge is -2.43. The number of likely N-dealkylation sites (tertiary alicyclic amines) is 1. The van der Waals surface area contributed by atoms with Gasteiger partial charge in [0, 0.05) is 87.8 Å². The Morgan fingerprint density at radius 2 is 1.29 bits per heavy atom. The third-order valence-corrected chi connectivity index (χ3v) is 23.9. The summed E-state index contributed by atoms with van der Waals surface area (Å²) in [6.45, 7) is 6.09. The van der Waals surface area contributed by atoms with Gasteiger partial charge in [-0.15, -0.1) is 0 Å². The van der Waals surface area contributed by atoms with Gasteiger partial charge in [-0.25, -0.2) is 0 Å². The molecular weight excluding hydrogens is 1430 g/mol. The Labute approximate surface area is 645 Å². The summed E-state index contributed by atoms with van der Waals surface area (Å²) in [5.74, 6) is -9.16. The van der Waals surface area contributed by atoms with Gasteiger partial charge >= 0.3 is 6.18 Å². The van der Waals surface area contributed by atoms with Crippen LogP contribution in [-0.2, 0) is 81.5 Å². The van der Waals surface area contributed by atoms with E-state index < -0.39 is 179 Å². The first kappa shape index (κ1) is 86.6. The number of aromatic nitrogens is 1. The summed E-state index contributed by atoms with van der Waals surface area (Å²) in [5, 5.41) is 8.23. The number of rotatable bonds is 14. The van der Waals surface area contributed by atoms with Crippen LogP contribution in [0.5, 0.6) is 0 Å². The number of benzene rings is 1. The highest BCUT2D eigenvalue weighted by Crippen LogP contribution is 2.39. The molecule has 1 spiro atoms. The van der Waals surface area contributed by atoms with Gasteiger partial charge in [-0.2, -0.15) is 13.2 Å². The Hall–Kier alpha value is -7.95. The quantitative estimate of drug-likeness (QED) is 0.171. The van der Waals surface area contributed by atoms with Crippen molar-refractivity contribution in [1.82, 2.24) is 65.0 Å². The number of aryl methyl sites for hydroxylation is 1. The molecule has 604 valence electrons. The minimum Gasteiger partial charge on any atom is -0.372 e.